The second-order valence-electron chi connectivity index (χ2n) is 6.07. The number of hydrogen-bond acceptors (Lipinski definition) is 5. The molecule has 0 saturated heterocycles. The summed E-state index contributed by atoms with van der Waals surface area (Å²) in [6.07, 6.45) is 1.44. The molecule has 3 atom stereocenters. The fourth-order valence-corrected chi connectivity index (χ4v) is 3.30. The van der Waals surface area contributed by atoms with Crippen LogP contribution in [-0.4, -0.2) is 5.78 Å². The summed E-state index contributed by atoms with van der Waals surface area (Å²) < 4.78 is 0. The predicted octanol–water partition coefficient (Wildman–Crippen LogP) is 2.57. The molecule has 0 bridgehead atoms. The summed E-state index contributed by atoms with van der Waals surface area (Å²) in [6.45, 7) is 5.68. The lowest BCUT2D eigenvalue weighted by Crippen LogP contribution is -2.48. The van der Waals surface area contributed by atoms with Crippen molar-refractivity contribution < 1.29 is 4.79 Å². The molecule has 0 heterocycles. The summed E-state index contributed by atoms with van der Waals surface area (Å²) in [5, 5.41) is 37.2. The molecule has 21 heavy (non-hydrogen) atoms. The number of ketones is 1. The van der Waals surface area contributed by atoms with Crippen molar-refractivity contribution in [3.05, 3.63) is 0 Å². The average Bonchev–Trinajstić information content (AvgIpc) is 2.46. The van der Waals surface area contributed by atoms with Crippen molar-refractivity contribution in [2.24, 2.45) is 35.0 Å². The highest BCUT2D eigenvalue weighted by Gasteiger charge is 2.55. The Kier molecular flexibility index (Phi) is 5.07. The fraction of sp³-hybridized carbons (Fsp3) is 0.688. The summed E-state index contributed by atoms with van der Waals surface area (Å²) in [4.78, 5) is 12.8. The Hall–Kier alpha value is -2.37. The maximum atomic E-state index is 12.8. The van der Waals surface area contributed by atoms with E-state index in [1.54, 1.807) is 12.1 Å². The first-order chi connectivity index (χ1) is 9.89. The van der Waals surface area contributed by atoms with Crippen LogP contribution in [0.15, 0.2) is 0 Å². The van der Waals surface area contributed by atoms with Crippen molar-refractivity contribution >= 4 is 5.78 Å². The van der Waals surface area contributed by atoms with E-state index in [0.29, 0.717) is 6.42 Å². The molecule has 108 valence electrons. The molecule has 1 saturated carbocycles. The number of nitrogens with zero attached hydrogens (tertiary/aromatic N) is 4. The molecule has 0 aromatic rings. The molecule has 0 aliphatic heterocycles. The van der Waals surface area contributed by atoms with Gasteiger partial charge in [-0.3, -0.25) is 4.79 Å². The van der Waals surface area contributed by atoms with Crippen LogP contribution in [0.1, 0.15) is 33.6 Å². The normalized spacial score (nSPS) is 25.8. The van der Waals surface area contributed by atoms with Gasteiger partial charge in [-0.15, -0.1) is 0 Å². The summed E-state index contributed by atoms with van der Waals surface area (Å²) in [6, 6.07) is 7.10. The minimum Gasteiger partial charge on any atom is -0.299 e. The lowest BCUT2D eigenvalue weighted by molar-refractivity contribution is -0.136. The van der Waals surface area contributed by atoms with Gasteiger partial charge in [0.05, 0.1) is 30.2 Å². The van der Waals surface area contributed by atoms with Crippen molar-refractivity contribution in [2.45, 2.75) is 33.6 Å². The Labute approximate surface area is 125 Å². The number of Topliss-reactive ketones (excluding diaryl/α,β-unsaturated/α-hetero) is 1. The third-order valence-corrected chi connectivity index (χ3v) is 4.55. The summed E-state index contributed by atoms with van der Waals surface area (Å²) in [5.41, 5.74) is -1.88. The van der Waals surface area contributed by atoms with Crippen LogP contribution < -0.4 is 0 Å². The number of carbonyl (C=O) groups excluding carboxylic acids is 1. The van der Waals surface area contributed by atoms with Crippen molar-refractivity contribution in [1.29, 1.82) is 21.0 Å². The minimum absolute atomic E-state index is 0.116. The quantitative estimate of drug-likeness (QED) is 0.789. The van der Waals surface area contributed by atoms with Gasteiger partial charge in [0.1, 0.15) is 5.78 Å². The SMILES string of the molecule is CC(C)[C@@H]1CC[C@@H](C)[C@H](C(C#N)(C#N)C(C#N)C#N)C1=O. The Morgan fingerprint density at radius 1 is 1.10 bits per heavy atom. The van der Waals surface area contributed by atoms with E-state index in [1.807, 2.05) is 32.9 Å². The van der Waals surface area contributed by atoms with Crippen LogP contribution in [0, 0.1) is 80.3 Å². The highest BCUT2D eigenvalue weighted by molar-refractivity contribution is 5.86. The summed E-state index contributed by atoms with van der Waals surface area (Å²) in [5.74, 6) is -2.73. The fourth-order valence-electron chi connectivity index (χ4n) is 3.30. The Morgan fingerprint density at radius 2 is 1.62 bits per heavy atom. The monoisotopic (exact) mass is 282 g/mol. The van der Waals surface area contributed by atoms with Gasteiger partial charge in [0.2, 0.25) is 0 Å². The zero-order valence-corrected chi connectivity index (χ0v) is 12.5. The molecule has 0 aromatic heterocycles. The standard InChI is InChI=1S/C16H18N4O/c1-10(2)13-5-4-11(3)14(15(13)21)16(8-19,9-20)12(6-17)7-18/h10-14H,4-5H2,1-3H3/t11-,13+,14+/m1/s1. The summed E-state index contributed by atoms with van der Waals surface area (Å²) >= 11 is 0. The molecule has 5 heteroatoms. The first-order valence-corrected chi connectivity index (χ1v) is 7.05. The third kappa shape index (κ3) is 2.61. The van der Waals surface area contributed by atoms with E-state index in [9.17, 15) is 15.3 Å². The zero-order chi connectivity index (χ0) is 16.2. The van der Waals surface area contributed by atoms with Crippen LogP contribution in [0.25, 0.3) is 0 Å². The van der Waals surface area contributed by atoms with Gasteiger partial charge in [-0.05, 0) is 24.7 Å². The number of rotatable bonds is 3. The molecular weight excluding hydrogens is 264 g/mol. The Morgan fingerprint density at radius 3 is 2.00 bits per heavy atom. The van der Waals surface area contributed by atoms with Gasteiger partial charge >= 0.3 is 0 Å². The maximum absolute atomic E-state index is 12.8. The molecule has 1 rings (SSSR count). The molecule has 1 fully saturated rings. The molecule has 0 unspecified atom stereocenters. The number of nitriles is 4. The van der Waals surface area contributed by atoms with E-state index in [-0.39, 0.29) is 23.5 Å². The van der Waals surface area contributed by atoms with Crippen LogP contribution >= 0.6 is 0 Å². The first-order valence-electron chi connectivity index (χ1n) is 7.05. The number of hydrogen-bond donors (Lipinski definition) is 0. The van der Waals surface area contributed by atoms with E-state index in [4.69, 9.17) is 10.5 Å². The van der Waals surface area contributed by atoms with Gasteiger partial charge in [-0.1, -0.05) is 20.8 Å². The largest absolute Gasteiger partial charge is 0.299 e. The van der Waals surface area contributed by atoms with Crippen LogP contribution in [0.5, 0.6) is 0 Å². The van der Waals surface area contributed by atoms with Crippen molar-refractivity contribution in [2.75, 3.05) is 0 Å². The van der Waals surface area contributed by atoms with Crippen LogP contribution in [0.4, 0.5) is 0 Å². The summed E-state index contributed by atoms with van der Waals surface area (Å²) in [7, 11) is 0. The van der Waals surface area contributed by atoms with Gasteiger partial charge in [-0.25, -0.2) is 0 Å². The lowest BCUT2D eigenvalue weighted by atomic mass is 9.57. The van der Waals surface area contributed by atoms with Crippen LogP contribution in [0.3, 0.4) is 0 Å². The van der Waals surface area contributed by atoms with E-state index >= 15 is 0 Å². The molecule has 0 radical (unpaired) electrons. The Bertz CT molecular complexity index is 553. The second-order valence-corrected chi connectivity index (χ2v) is 6.07. The maximum Gasteiger partial charge on any atom is 0.182 e. The van der Waals surface area contributed by atoms with Gasteiger partial charge in [-0.2, -0.15) is 21.0 Å². The van der Waals surface area contributed by atoms with Crippen LogP contribution in [-0.2, 0) is 4.79 Å². The van der Waals surface area contributed by atoms with Gasteiger partial charge in [0, 0.05) is 5.92 Å². The van der Waals surface area contributed by atoms with Crippen molar-refractivity contribution in [1.82, 2.24) is 0 Å². The molecule has 1 aliphatic carbocycles. The van der Waals surface area contributed by atoms with Crippen LogP contribution in [0.2, 0.25) is 0 Å². The molecule has 5 nitrogen and oxygen atoms in total. The van der Waals surface area contributed by atoms with Crippen molar-refractivity contribution in [3.8, 4) is 24.3 Å². The molecule has 0 aromatic carbocycles. The second kappa shape index (κ2) is 6.39. The topological polar surface area (TPSA) is 112 Å². The highest BCUT2D eigenvalue weighted by atomic mass is 16.1. The highest BCUT2D eigenvalue weighted by Crippen LogP contribution is 2.47. The number of carbonyl (C=O) groups is 1. The van der Waals surface area contributed by atoms with Crippen molar-refractivity contribution in [3.63, 3.8) is 0 Å². The first kappa shape index (κ1) is 16.7. The smallest absolute Gasteiger partial charge is 0.182 e. The van der Waals surface area contributed by atoms with E-state index in [2.05, 4.69) is 0 Å². The minimum atomic E-state index is -1.88. The molecule has 0 spiro atoms. The van der Waals surface area contributed by atoms with E-state index < -0.39 is 17.3 Å². The Balaban J connectivity index is 3.41. The lowest BCUT2D eigenvalue weighted by Gasteiger charge is -2.40. The average molecular weight is 282 g/mol. The molecule has 0 N–H and O–H groups in total. The van der Waals surface area contributed by atoms with Gasteiger partial charge in [0.15, 0.2) is 11.3 Å². The van der Waals surface area contributed by atoms with Gasteiger partial charge in [0.25, 0.3) is 0 Å². The van der Waals surface area contributed by atoms with E-state index in [1.165, 1.54) is 0 Å². The van der Waals surface area contributed by atoms with Gasteiger partial charge < -0.3 is 0 Å². The third-order valence-electron chi connectivity index (χ3n) is 4.55. The van der Waals surface area contributed by atoms with E-state index in [0.717, 1.165) is 6.42 Å². The molecular formula is C16H18N4O. The molecule has 1 aliphatic rings. The molecule has 0 amide bonds. The zero-order valence-electron chi connectivity index (χ0n) is 12.5. The predicted molar refractivity (Wildman–Crippen MR) is 73.6 cm³/mol.